The molecule has 3 rings (SSSR count). The van der Waals surface area contributed by atoms with Crippen LogP contribution in [0.5, 0.6) is 0 Å². The number of aryl methyl sites for hydroxylation is 1. The fraction of sp³-hybridized carbons (Fsp3) is 0.444. The van der Waals surface area contributed by atoms with Gasteiger partial charge in [-0.15, -0.1) is 0 Å². The van der Waals surface area contributed by atoms with Crippen LogP contribution in [-0.4, -0.2) is 38.0 Å². The summed E-state index contributed by atoms with van der Waals surface area (Å²) in [6, 6.07) is 9.43. The molecule has 7 heteroatoms. The van der Waals surface area contributed by atoms with E-state index in [9.17, 15) is 8.42 Å². The summed E-state index contributed by atoms with van der Waals surface area (Å²) < 4.78 is 27.4. The molecule has 0 radical (unpaired) electrons. The number of nitrogens with zero attached hydrogens (tertiary/aromatic N) is 3. The van der Waals surface area contributed by atoms with Crippen LogP contribution in [0.15, 0.2) is 42.7 Å². The summed E-state index contributed by atoms with van der Waals surface area (Å²) in [6.07, 6.45) is 5.36. The van der Waals surface area contributed by atoms with E-state index < -0.39 is 10.0 Å². The fourth-order valence-electron chi connectivity index (χ4n) is 3.11. The highest BCUT2D eigenvalue weighted by Crippen LogP contribution is 2.20. The minimum atomic E-state index is -3.30. The second-order valence-corrected chi connectivity index (χ2v) is 8.38. The Kier molecular flexibility index (Phi) is 5.65. The van der Waals surface area contributed by atoms with Crippen LogP contribution >= 0.6 is 0 Å². The topological polar surface area (TPSA) is 75.2 Å². The van der Waals surface area contributed by atoms with Crippen molar-refractivity contribution in [2.75, 3.05) is 24.5 Å². The summed E-state index contributed by atoms with van der Waals surface area (Å²) >= 11 is 0. The van der Waals surface area contributed by atoms with Gasteiger partial charge in [0.1, 0.15) is 0 Å². The van der Waals surface area contributed by atoms with Crippen LogP contribution in [0.25, 0.3) is 0 Å². The molecule has 2 heterocycles. The first kappa shape index (κ1) is 17.8. The van der Waals surface area contributed by atoms with Crippen LogP contribution in [0.3, 0.4) is 0 Å². The predicted molar refractivity (Wildman–Crippen MR) is 98.8 cm³/mol. The Morgan fingerprint density at radius 2 is 1.88 bits per heavy atom. The van der Waals surface area contributed by atoms with Crippen molar-refractivity contribution in [1.82, 2.24) is 14.7 Å². The lowest BCUT2D eigenvalue weighted by Gasteiger charge is -2.31. The molecule has 25 heavy (non-hydrogen) atoms. The number of nitrogens with one attached hydrogen (secondary N) is 1. The Hall–Kier alpha value is -1.99. The number of piperidine rings is 1. The Morgan fingerprint density at radius 3 is 2.56 bits per heavy atom. The third kappa shape index (κ3) is 5.24. The van der Waals surface area contributed by atoms with Crippen LogP contribution in [0.1, 0.15) is 24.0 Å². The maximum absolute atomic E-state index is 12.3. The highest BCUT2D eigenvalue weighted by Gasteiger charge is 2.22. The van der Waals surface area contributed by atoms with Crippen molar-refractivity contribution in [2.45, 2.75) is 25.5 Å². The quantitative estimate of drug-likeness (QED) is 0.854. The molecule has 2 aromatic rings. The molecule has 0 amide bonds. The van der Waals surface area contributed by atoms with Crippen molar-refractivity contribution in [1.29, 1.82) is 0 Å². The van der Waals surface area contributed by atoms with Gasteiger partial charge in [0, 0.05) is 32.0 Å². The van der Waals surface area contributed by atoms with Gasteiger partial charge in [-0.1, -0.05) is 29.8 Å². The summed E-state index contributed by atoms with van der Waals surface area (Å²) in [6.45, 7) is 4.17. The van der Waals surface area contributed by atoms with Crippen molar-refractivity contribution in [2.24, 2.45) is 5.92 Å². The summed E-state index contributed by atoms with van der Waals surface area (Å²) in [4.78, 5) is 10.7. The molecule has 0 spiro atoms. The average Bonchev–Trinajstić information content (AvgIpc) is 2.61. The highest BCUT2D eigenvalue weighted by atomic mass is 32.2. The van der Waals surface area contributed by atoms with Crippen LogP contribution in [0.2, 0.25) is 0 Å². The molecule has 1 aromatic heterocycles. The van der Waals surface area contributed by atoms with Crippen molar-refractivity contribution >= 4 is 16.0 Å². The molecule has 1 aliphatic heterocycles. The number of sulfonamides is 1. The van der Waals surface area contributed by atoms with Crippen LogP contribution in [0, 0.1) is 12.8 Å². The minimum Gasteiger partial charge on any atom is -0.341 e. The third-order valence-electron chi connectivity index (χ3n) is 4.48. The van der Waals surface area contributed by atoms with E-state index in [4.69, 9.17) is 0 Å². The second kappa shape index (κ2) is 7.93. The molecule has 1 N–H and O–H groups in total. The van der Waals surface area contributed by atoms with Crippen LogP contribution in [-0.2, 0) is 15.8 Å². The average molecular weight is 360 g/mol. The minimum absolute atomic E-state index is 0.0331. The van der Waals surface area contributed by atoms with E-state index in [0.717, 1.165) is 43.0 Å². The molecule has 0 unspecified atom stereocenters. The molecule has 6 nitrogen and oxygen atoms in total. The van der Waals surface area contributed by atoms with Gasteiger partial charge in [0.15, 0.2) is 0 Å². The van der Waals surface area contributed by atoms with E-state index in [1.807, 2.05) is 31.2 Å². The summed E-state index contributed by atoms with van der Waals surface area (Å²) in [5, 5.41) is 0. The zero-order valence-corrected chi connectivity index (χ0v) is 15.2. The molecule has 1 aliphatic rings. The second-order valence-electron chi connectivity index (χ2n) is 6.58. The Balaban J connectivity index is 1.47. The molecule has 1 fully saturated rings. The molecule has 1 saturated heterocycles. The lowest BCUT2D eigenvalue weighted by molar-refractivity contribution is 0.399. The van der Waals surface area contributed by atoms with Gasteiger partial charge in [-0.2, -0.15) is 0 Å². The first-order valence-corrected chi connectivity index (χ1v) is 10.2. The molecule has 134 valence electrons. The fourth-order valence-corrected chi connectivity index (χ4v) is 4.32. The van der Waals surface area contributed by atoms with E-state index in [2.05, 4.69) is 19.6 Å². The molecular weight excluding hydrogens is 336 g/mol. The summed E-state index contributed by atoms with van der Waals surface area (Å²) in [7, 11) is -3.30. The van der Waals surface area contributed by atoms with Gasteiger partial charge in [0.05, 0.1) is 5.75 Å². The number of hydrogen-bond acceptors (Lipinski definition) is 5. The zero-order chi connectivity index (χ0) is 17.7. The van der Waals surface area contributed by atoms with Gasteiger partial charge < -0.3 is 4.90 Å². The Bertz CT molecular complexity index is 788. The van der Waals surface area contributed by atoms with Crippen molar-refractivity contribution in [3.8, 4) is 0 Å². The lowest BCUT2D eigenvalue weighted by atomic mass is 9.97. The van der Waals surface area contributed by atoms with Gasteiger partial charge in [-0.25, -0.2) is 23.1 Å². The van der Waals surface area contributed by atoms with Crippen LogP contribution in [0.4, 0.5) is 5.95 Å². The first-order chi connectivity index (χ1) is 12.0. The number of benzene rings is 1. The van der Waals surface area contributed by atoms with Gasteiger partial charge in [0.2, 0.25) is 16.0 Å². The van der Waals surface area contributed by atoms with Gasteiger partial charge in [0.25, 0.3) is 0 Å². The SMILES string of the molecule is Cc1cccc(CS(=O)(=O)NCC2CCN(c3ncccn3)CC2)c1. The standard InChI is InChI=1S/C18H24N4O2S/c1-15-4-2-5-17(12-15)14-25(23,24)21-13-16-6-10-22(11-7-16)18-19-8-3-9-20-18/h2-5,8-9,12,16,21H,6-7,10-11,13-14H2,1H3. The number of hydrogen-bond donors (Lipinski definition) is 1. The van der Waals surface area contributed by atoms with E-state index in [1.165, 1.54) is 0 Å². The van der Waals surface area contributed by atoms with Crippen molar-refractivity contribution < 1.29 is 8.42 Å². The largest absolute Gasteiger partial charge is 0.341 e. The molecular formula is C18H24N4O2S. The molecule has 0 bridgehead atoms. The van der Waals surface area contributed by atoms with E-state index in [1.54, 1.807) is 18.5 Å². The maximum Gasteiger partial charge on any atom is 0.225 e. The molecule has 0 saturated carbocycles. The number of aromatic nitrogens is 2. The first-order valence-electron chi connectivity index (χ1n) is 8.57. The highest BCUT2D eigenvalue weighted by molar-refractivity contribution is 7.88. The summed E-state index contributed by atoms with van der Waals surface area (Å²) in [5.41, 5.74) is 1.90. The lowest BCUT2D eigenvalue weighted by Crippen LogP contribution is -2.39. The Labute approximate surface area is 149 Å². The zero-order valence-electron chi connectivity index (χ0n) is 14.4. The van der Waals surface area contributed by atoms with Gasteiger partial charge in [-0.05, 0) is 37.3 Å². The number of anilines is 1. The van der Waals surface area contributed by atoms with Crippen molar-refractivity contribution in [3.05, 3.63) is 53.9 Å². The van der Waals surface area contributed by atoms with Gasteiger partial charge >= 0.3 is 0 Å². The predicted octanol–water partition coefficient (Wildman–Crippen LogP) is 2.12. The number of rotatable bonds is 6. The van der Waals surface area contributed by atoms with E-state index in [-0.39, 0.29) is 5.75 Å². The van der Waals surface area contributed by atoms with Crippen LogP contribution < -0.4 is 9.62 Å². The molecule has 0 aliphatic carbocycles. The Morgan fingerprint density at radius 1 is 1.16 bits per heavy atom. The molecule has 0 atom stereocenters. The normalized spacial score (nSPS) is 16.1. The molecule has 1 aromatic carbocycles. The summed E-state index contributed by atoms with van der Waals surface area (Å²) in [5.74, 6) is 1.14. The van der Waals surface area contributed by atoms with Crippen molar-refractivity contribution in [3.63, 3.8) is 0 Å². The van der Waals surface area contributed by atoms with E-state index >= 15 is 0 Å². The van der Waals surface area contributed by atoms with E-state index in [0.29, 0.717) is 12.5 Å². The van der Waals surface area contributed by atoms with Gasteiger partial charge in [-0.3, -0.25) is 0 Å². The smallest absolute Gasteiger partial charge is 0.225 e. The monoisotopic (exact) mass is 360 g/mol. The third-order valence-corrected chi connectivity index (χ3v) is 5.80. The maximum atomic E-state index is 12.3.